The van der Waals surface area contributed by atoms with Gasteiger partial charge in [-0.2, -0.15) is 0 Å². The van der Waals surface area contributed by atoms with Crippen molar-refractivity contribution >= 4 is 6.08 Å². The molecule has 1 aromatic carbocycles. The molecule has 2 saturated heterocycles. The number of ether oxygens (including phenoxy) is 4. The van der Waals surface area contributed by atoms with Crippen LogP contribution >= 0.6 is 0 Å². The van der Waals surface area contributed by atoms with Crippen LogP contribution in [0, 0.1) is 0 Å². The van der Waals surface area contributed by atoms with E-state index in [4.69, 9.17) is 24.1 Å². The Morgan fingerprint density at radius 1 is 1.03 bits per heavy atom. The highest BCUT2D eigenvalue weighted by atomic mass is 16.8. The zero-order valence-electron chi connectivity index (χ0n) is 16.6. The summed E-state index contributed by atoms with van der Waals surface area (Å²) < 4.78 is 22.1. The van der Waals surface area contributed by atoms with Crippen LogP contribution in [0.15, 0.2) is 30.3 Å². The highest BCUT2D eigenvalue weighted by molar-refractivity contribution is 5.50. The predicted octanol–water partition coefficient (Wildman–Crippen LogP) is -2.66. The van der Waals surface area contributed by atoms with E-state index in [0.717, 1.165) is 5.56 Å². The van der Waals surface area contributed by atoms with Gasteiger partial charge < -0.3 is 54.7 Å². The molecule has 0 radical (unpaired) electrons. The summed E-state index contributed by atoms with van der Waals surface area (Å²) >= 11 is 0. The molecule has 11 nitrogen and oxygen atoms in total. The van der Waals surface area contributed by atoms with Crippen molar-refractivity contribution in [2.24, 2.45) is 0 Å². The molecular weight excluding hydrogens is 416 g/mol. The van der Waals surface area contributed by atoms with Gasteiger partial charge in [-0.15, -0.1) is 0 Å². The average molecular weight is 444 g/mol. The van der Waals surface area contributed by atoms with E-state index in [-0.39, 0.29) is 6.61 Å². The highest BCUT2D eigenvalue weighted by Gasteiger charge is 2.53. The Balaban J connectivity index is 1.77. The smallest absolute Gasteiger partial charge is 0.229 e. The van der Waals surface area contributed by atoms with E-state index in [0.29, 0.717) is 5.75 Å². The van der Waals surface area contributed by atoms with Crippen molar-refractivity contribution < 1.29 is 54.7 Å². The summed E-state index contributed by atoms with van der Waals surface area (Å²) in [7, 11) is 0. The Labute approximate surface area is 178 Å². The van der Waals surface area contributed by atoms with Gasteiger partial charge in [0, 0.05) is 0 Å². The van der Waals surface area contributed by atoms with E-state index in [1.807, 2.05) is 0 Å². The fourth-order valence-electron chi connectivity index (χ4n) is 3.34. The Hall–Kier alpha value is -1.64. The van der Waals surface area contributed by atoms with Gasteiger partial charge in [0.05, 0.1) is 26.4 Å². The van der Waals surface area contributed by atoms with Crippen molar-refractivity contribution in [2.75, 3.05) is 26.4 Å². The lowest BCUT2D eigenvalue weighted by atomic mass is 9.98. The fourth-order valence-corrected chi connectivity index (χ4v) is 3.34. The van der Waals surface area contributed by atoms with Crippen LogP contribution in [0.25, 0.3) is 6.08 Å². The zero-order valence-corrected chi connectivity index (χ0v) is 16.6. The fraction of sp³-hybridized carbons (Fsp3) is 0.600. The van der Waals surface area contributed by atoms with Crippen LogP contribution in [0.2, 0.25) is 0 Å². The molecule has 0 amide bonds. The number of aliphatic hydroxyl groups is 7. The largest absolute Gasteiger partial charge is 0.462 e. The van der Waals surface area contributed by atoms with E-state index in [1.54, 1.807) is 36.4 Å². The first-order chi connectivity index (χ1) is 14.8. The SMILES string of the molecule is OC/C=C/c1ccc(O[C@@H]2O[C@H](CO)[C@@H](O)[C@H](O)[C@H]2O[C@@H]2OC[C@@](O)(CO)[C@H]2O)cc1. The molecule has 11 heteroatoms. The Bertz CT molecular complexity index is 726. The van der Waals surface area contributed by atoms with Crippen LogP contribution in [0.3, 0.4) is 0 Å². The minimum Gasteiger partial charge on any atom is -0.462 e. The van der Waals surface area contributed by atoms with Crippen molar-refractivity contribution in [1.82, 2.24) is 0 Å². The zero-order chi connectivity index (χ0) is 22.6. The molecule has 174 valence electrons. The lowest BCUT2D eigenvalue weighted by molar-refractivity contribution is -0.318. The van der Waals surface area contributed by atoms with Crippen LogP contribution in [0.1, 0.15) is 5.56 Å². The molecule has 0 unspecified atom stereocenters. The van der Waals surface area contributed by atoms with E-state index in [9.17, 15) is 30.6 Å². The summed E-state index contributed by atoms with van der Waals surface area (Å²) in [6.07, 6.45) is -6.73. The van der Waals surface area contributed by atoms with Gasteiger partial charge in [0.1, 0.15) is 35.8 Å². The van der Waals surface area contributed by atoms with Gasteiger partial charge in [-0.1, -0.05) is 24.3 Å². The molecule has 2 fully saturated rings. The lowest BCUT2D eigenvalue weighted by Crippen LogP contribution is -2.62. The molecule has 31 heavy (non-hydrogen) atoms. The molecule has 0 spiro atoms. The first-order valence-electron chi connectivity index (χ1n) is 9.78. The van der Waals surface area contributed by atoms with E-state index in [2.05, 4.69) is 0 Å². The van der Waals surface area contributed by atoms with Crippen molar-refractivity contribution in [3.8, 4) is 5.75 Å². The van der Waals surface area contributed by atoms with Gasteiger partial charge in [0.25, 0.3) is 0 Å². The third-order valence-corrected chi connectivity index (χ3v) is 5.24. The maximum atomic E-state index is 10.5. The van der Waals surface area contributed by atoms with Gasteiger partial charge in [0.15, 0.2) is 12.4 Å². The number of rotatable bonds is 8. The molecule has 0 bridgehead atoms. The second-order valence-corrected chi connectivity index (χ2v) is 7.47. The number of benzene rings is 1. The summed E-state index contributed by atoms with van der Waals surface area (Å²) in [5.41, 5.74) is -1.14. The molecule has 0 aliphatic carbocycles. The van der Waals surface area contributed by atoms with Gasteiger partial charge >= 0.3 is 0 Å². The van der Waals surface area contributed by atoms with Gasteiger partial charge in [-0.05, 0) is 17.7 Å². The molecule has 3 rings (SSSR count). The van der Waals surface area contributed by atoms with Crippen LogP contribution < -0.4 is 4.74 Å². The van der Waals surface area contributed by atoms with Gasteiger partial charge in [-0.3, -0.25) is 0 Å². The van der Waals surface area contributed by atoms with Crippen LogP contribution in [-0.4, -0.2) is 111 Å². The molecule has 2 aliphatic heterocycles. The Kier molecular flexibility index (Phi) is 7.99. The summed E-state index contributed by atoms with van der Waals surface area (Å²) in [6.45, 7) is -1.88. The second kappa shape index (κ2) is 10.3. The summed E-state index contributed by atoms with van der Waals surface area (Å²) in [6, 6.07) is 6.63. The predicted molar refractivity (Wildman–Crippen MR) is 104 cm³/mol. The second-order valence-electron chi connectivity index (χ2n) is 7.47. The number of hydrogen-bond acceptors (Lipinski definition) is 11. The van der Waals surface area contributed by atoms with Crippen LogP contribution in [0.5, 0.6) is 5.75 Å². The van der Waals surface area contributed by atoms with Crippen molar-refractivity contribution in [3.05, 3.63) is 35.9 Å². The topological polar surface area (TPSA) is 179 Å². The van der Waals surface area contributed by atoms with Gasteiger partial charge in [-0.25, -0.2) is 0 Å². The molecule has 0 aromatic heterocycles. The third kappa shape index (κ3) is 5.23. The average Bonchev–Trinajstić information content (AvgIpc) is 3.07. The van der Waals surface area contributed by atoms with E-state index < -0.39 is 68.5 Å². The highest BCUT2D eigenvalue weighted by Crippen LogP contribution is 2.32. The minimum atomic E-state index is -1.94. The molecular formula is C20H28O11. The summed E-state index contributed by atoms with van der Waals surface area (Å²) in [5, 5.41) is 68.6. The lowest BCUT2D eigenvalue weighted by Gasteiger charge is -2.42. The number of hydrogen-bond donors (Lipinski definition) is 7. The van der Waals surface area contributed by atoms with E-state index >= 15 is 0 Å². The first kappa shape index (κ1) is 24.0. The number of aliphatic hydroxyl groups excluding tert-OH is 6. The molecule has 1 aromatic rings. The van der Waals surface area contributed by atoms with Crippen LogP contribution in [0.4, 0.5) is 0 Å². The maximum Gasteiger partial charge on any atom is 0.229 e. The monoisotopic (exact) mass is 444 g/mol. The van der Waals surface area contributed by atoms with Crippen molar-refractivity contribution in [2.45, 2.75) is 48.7 Å². The third-order valence-electron chi connectivity index (χ3n) is 5.24. The summed E-state index contributed by atoms with van der Waals surface area (Å²) in [5.74, 6) is 0.319. The minimum absolute atomic E-state index is 0.101. The molecule has 2 aliphatic rings. The normalized spacial score (nSPS) is 38.6. The summed E-state index contributed by atoms with van der Waals surface area (Å²) in [4.78, 5) is 0. The maximum absolute atomic E-state index is 10.5. The Morgan fingerprint density at radius 2 is 1.74 bits per heavy atom. The molecule has 2 heterocycles. The molecule has 0 saturated carbocycles. The quantitative estimate of drug-likeness (QED) is 0.222. The van der Waals surface area contributed by atoms with Crippen LogP contribution in [-0.2, 0) is 14.2 Å². The standard InChI is InChI=1S/C20H28O11/c21-7-1-2-11-3-5-12(6-4-11)29-18-16(15(25)14(24)13(8-22)30-18)31-19-17(26)20(27,9-23)10-28-19/h1-6,13-19,21-27H,7-10H2/b2-1+/t13-,14-,15+,16-,17+,18-,19+,20+/m1/s1. The molecule has 8 atom stereocenters. The van der Waals surface area contributed by atoms with Gasteiger partial charge in [0.2, 0.25) is 6.29 Å². The first-order valence-corrected chi connectivity index (χ1v) is 9.78. The molecule has 7 N–H and O–H groups in total. The Morgan fingerprint density at radius 3 is 2.32 bits per heavy atom. The van der Waals surface area contributed by atoms with Crippen molar-refractivity contribution in [3.63, 3.8) is 0 Å². The van der Waals surface area contributed by atoms with E-state index in [1.165, 1.54) is 0 Å². The van der Waals surface area contributed by atoms with Crippen molar-refractivity contribution in [1.29, 1.82) is 0 Å².